The maximum absolute atomic E-state index is 13.0. The minimum atomic E-state index is -1.02. The number of carbonyl (C=O) groups is 2. The second-order valence-corrected chi connectivity index (χ2v) is 5.12. The number of amides is 2. The highest BCUT2D eigenvalue weighted by Crippen LogP contribution is 2.16. The monoisotopic (exact) mass is 311 g/mol. The first-order valence-corrected chi connectivity index (χ1v) is 6.97. The van der Waals surface area contributed by atoms with E-state index in [1.807, 2.05) is 24.4 Å². The quantitative estimate of drug-likeness (QED) is 0.773. The lowest BCUT2D eigenvalue weighted by Gasteiger charge is -2.15. The Hall–Kier alpha value is -3.15. The number of nitrogens with one attached hydrogen (secondary N) is 1. The largest absolute Gasteiger partial charge is 0.368 e. The van der Waals surface area contributed by atoms with Gasteiger partial charge in [-0.15, -0.1) is 0 Å². The highest BCUT2D eigenvalue weighted by Gasteiger charge is 2.21. The number of primary amides is 1. The van der Waals surface area contributed by atoms with Gasteiger partial charge in [-0.3, -0.25) is 9.59 Å². The molecule has 1 aromatic carbocycles. The highest BCUT2D eigenvalue weighted by atomic mass is 19.1. The molecule has 0 saturated heterocycles. The van der Waals surface area contributed by atoms with Crippen molar-refractivity contribution < 1.29 is 14.0 Å². The molecule has 0 aliphatic heterocycles. The van der Waals surface area contributed by atoms with Gasteiger partial charge in [-0.2, -0.15) is 0 Å². The van der Waals surface area contributed by atoms with Crippen molar-refractivity contribution in [2.75, 3.05) is 0 Å². The van der Waals surface area contributed by atoms with Crippen LogP contribution in [0, 0.1) is 5.82 Å². The number of nitrogens with two attached hydrogens (primary N) is 1. The van der Waals surface area contributed by atoms with E-state index in [1.54, 1.807) is 16.7 Å². The Labute approximate surface area is 131 Å². The molecule has 3 N–H and O–H groups in total. The lowest BCUT2D eigenvalue weighted by atomic mass is 10.1. The van der Waals surface area contributed by atoms with Gasteiger partial charge >= 0.3 is 0 Å². The Morgan fingerprint density at radius 1 is 1.13 bits per heavy atom. The number of nitrogens with zero attached hydrogens (tertiary/aromatic N) is 1. The maximum atomic E-state index is 13.0. The molecule has 6 heteroatoms. The van der Waals surface area contributed by atoms with Gasteiger partial charge in [-0.25, -0.2) is 4.39 Å². The topological polar surface area (TPSA) is 76.6 Å². The van der Waals surface area contributed by atoms with E-state index in [0.29, 0.717) is 11.1 Å². The number of rotatable bonds is 4. The average Bonchev–Trinajstić information content (AvgIpc) is 2.97. The van der Waals surface area contributed by atoms with Crippen LogP contribution in [0.25, 0.3) is 5.52 Å². The SMILES string of the molecule is NC(=O)C(NC(=O)c1cc2ccccn2c1)c1ccc(F)cc1. The van der Waals surface area contributed by atoms with Crippen molar-refractivity contribution in [3.63, 3.8) is 0 Å². The van der Waals surface area contributed by atoms with Crippen LogP contribution < -0.4 is 11.1 Å². The highest BCUT2D eigenvalue weighted by molar-refractivity contribution is 5.98. The molecular formula is C17H14FN3O2. The molecule has 1 atom stereocenters. The molecule has 23 heavy (non-hydrogen) atoms. The second-order valence-electron chi connectivity index (χ2n) is 5.12. The molecule has 0 aliphatic carbocycles. The fourth-order valence-corrected chi connectivity index (χ4v) is 2.37. The number of hydrogen-bond acceptors (Lipinski definition) is 2. The summed E-state index contributed by atoms with van der Waals surface area (Å²) in [5.41, 5.74) is 7.05. The predicted octanol–water partition coefficient (Wildman–Crippen LogP) is 2.03. The molecule has 0 fully saturated rings. The van der Waals surface area contributed by atoms with Crippen LogP contribution in [-0.2, 0) is 4.79 Å². The Bertz CT molecular complexity index is 838. The zero-order valence-electron chi connectivity index (χ0n) is 12.1. The summed E-state index contributed by atoms with van der Waals surface area (Å²) in [6, 6.07) is 11.5. The van der Waals surface area contributed by atoms with Gasteiger partial charge < -0.3 is 15.5 Å². The van der Waals surface area contributed by atoms with E-state index in [2.05, 4.69) is 5.32 Å². The van der Waals surface area contributed by atoms with Crippen molar-refractivity contribution in [3.8, 4) is 0 Å². The molecular weight excluding hydrogens is 297 g/mol. The summed E-state index contributed by atoms with van der Waals surface area (Å²) >= 11 is 0. The van der Waals surface area contributed by atoms with E-state index in [0.717, 1.165) is 5.52 Å². The molecule has 3 aromatic rings. The Kier molecular flexibility index (Phi) is 3.80. The van der Waals surface area contributed by atoms with Crippen LogP contribution in [0.4, 0.5) is 4.39 Å². The first-order chi connectivity index (χ1) is 11.0. The van der Waals surface area contributed by atoms with E-state index in [-0.39, 0.29) is 0 Å². The van der Waals surface area contributed by atoms with Crippen molar-refractivity contribution >= 4 is 17.3 Å². The van der Waals surface area contributed by atoms with Crippen LogP contribution in [-0.4, -0.2) is 16.2 Å². The number of pyridine rings is 1. The normalized spacial score (nSPS) is 12.0. The van der Waals surface area contributed by atoms with Gasteiger partial charge in [0.2, 0.25) is 5.91 Å². The van der Waals surface area contributed by atoms with Gasteiger partial charge in [-0.1, -0.05) is 18.2 Å². The van der Waals surface area contributed by atoms with Gasteiger partial charge in [0.15, 0.2) is 0 Å². The van der Waals surface area contributed by atoms with Crippen molar-refractivity contribution in [2.45, 2.75) is 6.04 Å². The van der Waals surface area contributed by atoms with Crippen molar-refractivity contribution in [1.29, 1.82) is 0 Å². The summed E-state index contributed by atoms with van der Waals surface area (Å²) in [6.07, 6.45) is 3.48. The third kappa shape index (κ3) is 3.06. The van der Waals surface area contributed by atoms with Crippen molar-refractivity contribution in [2.24, 2.45) is 5.73 Å². The maximum Gasteiger partial charge on any atom is 0.253 e. The lowest BCUT2D eigenvalue weighted by molar-refractivity contribution is -0.120. The molecule has 0 aliphatic rings. The molecule has 3 rings (SSSR count). The summed E-state index contributed by atoms with van der Waals surface area (Å²) in [6.45, 7) is 0. The molecule has 1 unspecified atom stereocenters. The molecule has 2 aromatic heterocycles. The number of carbonyl (C=O) groups excluding carboxylic acids is 2. The van der Waals surface area contributed by atoms with E-state index in [1.165, 1.54) is 24.3 Å². The molecule has 0 bridgehead atoms. The summed E-state index contributed by atoms with van der Waals surface area (Å²) in [4.78, 5) is 24.0. The van der Waals surface area contributed by atoms with Gasteiger partial charge in [0.25, 0.3) is 5.91 Å². The fourth-order valence-electron chi connectivity index (χ4n) is 2.37. The Morgan fingerprint density at radius 3 is 2.52 bits per heavy atom. The third-order valence-corrected chi connectivity index (χ3v) is 3.53. The van der Waals surface area contributed by atoms with Crippen molar-refractivity contribution in [3.05, 3.63) is 77.9 Å². The van der Waals surface area contributed by atoms with Gasteiger partial charge in [0.1, 0.15) is 11.9 Å². The first kappa shape index (κ1) is 14.8. The summed E-state index contributed by atoms with van der Waals surface area (Å²) < 4.78 is 14.8. The van der Waals surface area contributed by atoms with Crippen LogP contribution in [0.2, 0.25) is 0 Å². The molecule has 0 radical (unpaired) electrons. The van der Waals surface area contributed by atoms with Crippen LogP contribution in [0.1, 0.15) is 22.0 Å². The summed E-state index contributed by atoms with van der Waals surface area (Å²) in [5, 5.41) is 2.58. The summed E-state index contributed by atoms with van der Waals surface area (Å²) in [5.74, 6) is -1.57. The minimum Gasteiger partial charge on any atom is -0.368 e. The van der Waals surface area contributed by atoms with Crippen LogP contribution >= 0.6 is 0 Å². The Balaban J connectivity index is 1.86. The molecule has 0 spiro atoms. The van der Waals surface area contributed by atoms with Crippen LogP contribution in [0.5, 0.6) is 0 Å². The standard InChI is InChI=1S/C17H14FN3O2/c18-13-6-4-11(5-7-13)15(16(19)22)20-17(23)12-9-14-3-1-2-8-21(14)10-12/h1-10,15H,(H2,19,22)(H,20,23). The molecule has 2 heterocycles. The molecule has 116 valence electrons. The molecule has 5 nitrogen and oxygen atoms in total. The zero-order chi connectivity index (χ0) is 16.4. The number of benzene rings is 1. The second kappa shape index (κ2) is 5.92. The van der Waals surface area contributed by atoms with E-state index in [9.17, 15) is 14.0 Å². The predicted molar refractivity (Wildman–Crippen MR) is 83.2 cm³/mol. The zero-order valence-corrected chi connectivity index (χ0v) is 12.1. The number of halogens is 1. The summed E-state index contributed by atoms with van der Waals surface area (Å²) in [7, 11) is 0. The first-order valence-electron chi connectivity index (χ1n) is 6.97. The minimum absolute atomic E-state index is 0.407. The van der Waals surface area contributed by atoms with Crippen LogP contribution in [0.3, 0.4) is 0 Å². The van der Waals surface area contributed by atoms with Crippen molar-refractivity contribution in [1.82, 2.24) is 9.72 Å². The fraction of sp³-hybridized carbons (Fsp3) is 0.0588. The molecule has 0 saturated carbocycles. The number of hydrogen-bond donors (Lipinski definition) is 2. The molecule has 2 amide bonds. The van der Waals surface area contributed by atoms with Crippen LogP contribution in [0.15, 0.2) is 60.9 Å². The van der Waals surface area contributed by atoms with Gasteiger partial charge in [0, 0.05) is 17.9 Å². The smallest absolute Gasteiger partial charge is 0.253 e. The van der Waals surface area contributed by atoms with E-state index in [4.69, 9.17) is 5.73 Å². The van der Waals surface area contributed by atoms with Gasteiger partial charge in [-0.05, 0) is 35.9 Å². The van der Waals surface area contributed by atoms with E-state index >= 15 is 0 Å². The number of aromatic nitrogens is 1. The lowest BCUT2D eigenvalue weighted by Crippen LogP contribution is -2.37. The third-order valence-electron chi connectivity index (χ3n) is 3.53. The average molecular weight is 311 g/mol. The number of fused-ring (bicyclic) bond motifs is 1. The van der Waals surface area contributed by atoms with E-state index < -0.39 is 23.7 Å². The Morgan fingerprint density at radius 2 is 1.87 bits per heavy atom. The van der Waals surface area contributed by atoms with Gasteiger partial charge in [0.05, 0.1) is 5.56 Å².